The molecule has 1 nitrogen and oxygen atoms in total. The van der Waals surface area contributed by atoms with Crippen molar-refractivity contribution < 1.29 is 0 Å². The van der Waals surface area contributed by atoms with Crippen LogP contribution in [0.2, 0.25) is 0 Å². The predicted octanol–water partition coefficient (Wildman–Crippen LogP) is 3.06. The molecule has 1 aromatic carbocycles. The predicted molar refractivity (Wildman–Crippen MR) is 65.2 cm³/mol. The zero-order valence-electron chi connectivity index (χ0n) is 8.49. The molecule has 2 heterocycles. The van der Waals surface area contributed by atoms with Gasteiger partial charge in [-0.15, -0.1) is 11.3 Å². The number of hydrogen-bond acceptors (Lipinski definition) is 2. The van der Waals surface area contributed by atoms with E-state index in [4.69, 9.17) is 0 Å². The molecule has 0 unspecified atom stereocenters. The lowest BCUT2D eigenvalue weighted by Crippen LogP contribution is -2.23. The summed E-state index contributed by atoms with van der Waals surface area (Å²) in [5.41, 5.74) is 4.44. The van der Waals surface area contributed by atoms with Gasteiger partial charge in [0.1, 0.15) is 0 Å². The minimum absolute atomic E-state index is 1.02. The highest BCUT2D eigenvalue weighted by molar-refractivity contribution is 7.13. The van der Waals surface area contributed by atoms with Crippen LogP contribution in [0.5, 0.6) is 0 Å². The van der Waals surface area contributed by atoms with E-state index in [2.05, 4.69) is 41.0 Å². The molecule has 1 aliphatic rings. The number of thiophene rings is 1. The van der Waals surface area contributed by atoms with Crippen molar-refractivity contribution in [2.75, 3.05) is 6.54 Å². The van der Waals surface area contributed by atoms with Crippen LogP contribution in [0.15, 0.2) is 35.7 Å². The second kappa shape index (κ2) is 3.80. The Balaban J connectivity index is 2.15. The molecule has 1 N–H and O–H groups in total. The molecule has 0 atom stereocenters. The standard InChI is InChI=1S/C13H13NS/c1-3-10-9-14-7-6-11(10)12(4-1)13-5-2-8-15-13/h1-5,8,14H,6-7,9H2. The van der Waals surface area contributed by atoms with Gasteiger partial charge >= 0.3 is 0 Å². The highest BCUT2D eigenvalue weighted by atomic mass is 32.1. The van der Waals surface area contributed by atoms with Gasteiger partial charge in [-0.05, 0) is 41.1 Å². The molecule has 1 aromatic heterocycles. The van der Waals surface area contributed by atoms with Gasteiger partial charge in [-0.3, -0.25) is 0 Å². The summed E-state index contributed by atoms with van der Waals surface area (Å²) in [5.74, 6) is 0. The van der Waals surface area contributed by atoms with E-state index in [1.54, 1.807) is 5.56 Å². The van der Waals surface area contributed by atoms with Gasteiger partial charge in [0.05, 0.1) is 0 Å². The molecule has 1 aliphatic heterocycles. The molecule has 0 amide bonds. The van der Waals surface area contributed by atoms with Crippen LogP contribution in [0.25, 0.3) is 10.4 Å². The van der Waals surface area contributed by atoms with Crippen molar-refractivity contribution in [3.8, 4) is 10.4 Å². The maximum atomic E-state index is 3.42. The van der Waals surface area contributed by atoms with Crippen molar-refractivity contribution in [3.63, 3.8) is 0 Å². The van der Waals surface area contributed by atoms with Crippen molar-refractivity contribution in [3.05, 3.63) is 46.8 Å². The van der Waals surface area contributed by atoms with Crippen LogP contribution in [0, 0.1) is 0 Å². The molecule has 3 rings (SSSR count). The van der Waals surface area contributed by atoms with Crippen molar-refractivity contribution in [1.82, 2.24) is 5.32 Å². The van der Waals surface area contributed by atoms with Crippen LogP contribution in [0.4, 0.5) is 0 Å². The van der Waals surface area contributed by atoms with Gasteiger partial charge in [0.15, 0.2) is 0 Å². The fourth-order valence-corrected chi connectivity index (χ4v) is 2.97. The van der Waals surface area contributed by atoms with Crippen molar-refractivity contribution in [1.29, 1.82) is 0 Å². The van der Waals surface area contributed by atoms with Crippen molar-refractivity contribution in [2.45, 2.75) is 13.0 Å². The Hall–Kier alpha value is -1.12. The first-order valence-electron chi connectivity index (χ1n) is 5.30. The normalized spacial score (nSPS) is 14.9. The molecule has 0 bridgehead atoms. The van der Waals surface area contributed by atoms with E-state index in [9.17, 15) is 0 Å². The summed E-state index contributed by atoms with van der Waals surface area (Å²) < 4.78 is 0. The monoisotopic (exact) mass is 215 g/mol. The summed E-state index contributed by atoms with van der Waals surface area (Å²) in [6.07, 6.45) is 1.16. The zero-order valence-corrected chi connectivity index (χ0v) is 9.31. The fraction of sp³-hybridized carbons (Fsp3) is 0.231. The Labute approximate surface area is 93.8 Å². The quantitative estimate of drug-likeness (QED) is 0.771. The third kappa shape index (κ3) is 1.60. The van der Waals surface area contributed by atoms with Crippen LogP contribution in [0.3, 0.4) is 0 Å². The van der Waals surface area contributed by atoms with E-state index in [1.807, 2.05) is 11.3 Å². The Morgan fingerprint density at radius 2 is 2.13 bits per heavy atom. The molecule has 0 fully saturated rings. The fourth-order valence-electron chi connectivity index (χ4n) is 2.19. The zero-order chi connectivity index (χ0) is 10.1. The summed E-state index contributed by atoms with van der Waals surface area (Å²) in [4.78, 5) is 1.40. The van der Waals surface area contributed by atoms with Gasteiger partial charge in [0.25, 0.3) is 0 Å². The van der Waals surface area contributed by atoms with Gasteiger partial charge in [-0.25, -0.2) is 0 Å². The number of hydrogen-bond donors (Lipinski definition) is 1. The van der Waals surface area contributed by atoms with Crippen LogP contribution < -0.4 is 5.32 Å². The minimum atomic E-state index is 1.02. The smallest absolute Gasteiger partial charge is 0.0345 e. The van der Waals surface area contributed by atoms with E-state index in [0.717, 1.165) is 19.5 Å². The highest BCUT2D eigenvalue weighted by Crippen LogP contribution is 2.31. The van der Waals surface area contributed by atoms with Gasteiger partial charge in [-0.2, -0.15) is 0 Å². The number of fused-ring (bicyclic) bond motifs is 1. The molecule has 0 radical (unpaired) electrons. The molecule has 15 heavy (non-hydrogen) atoms. The Kier molecular flexibility index (Phi) is 2.31. The first-order valence-corrected chi connectivity index (χ1v) is 6.18. The molecule has 76 valence electrons. The molecular formula is C13H13NS. The summed E-state index contributed by atoms with van der Waals surface area (Å²) >= 11 is 1.83. The Morgan fingerprint density at radius 1 is 1.13 bits per heavy atom. The second-order valence-electron chi connectivity index (χ2n) is 3.85. The van der Waals surface area contributed by atoms with E-state index in [1.165, 1.54) is 16.0 Å². The van der Waals surface area contributed by atoms with E-state index >= 15 is 0 Å². The molecule has 2 aromatic rings. The van der Waals surface area contributed by atoms with Crippen LogP contribution in [0.1, 0.15) is 11.1 Å². The third-order valence-corrected chi connectivity index (χ3v) is 3.83. The number of benzene rings is 1. The van der Waals surface area contributed by atoms with E-state index in [-0.39, 0.29) is 0 Å². The SMILES string of the molecule is c1csc(-c2cccc3c2CCNC3)c1. The Bertz CT molecular complexity index is 459. The average Bonchev–Trinajstić information content (AvgIpc) is 2.82. The van der Waals surface area contributed by atoms with Crippen LogP contribution >= 0.6 is 11.3 Å². The summed E-state index contributed by atoms with van der Waals surface area (Å²) in [6.45, 7) is 2.13. The maximum absolute atomic E-state index is 3.42. The van der Waals surface area contributed by atoms with Gasteiger partial charge in [0.2, 0.25) is 0 Å². The van der Waals surface area contributed by atoms with Crippen molar-refractivity contribution in [2.24, 2.45) is 0 Å². The minimum Gasteiger partial charge on any atom is -0.312 e. The van der Waals surface area contributed by atoms with Crippen molar-refractivity contribution >= 4 is 11.3 Å². The lowest BCUT2D eigenvalue weighted by Gasteiger charge is -2.19. The third-order valence-electron chi connectivity index (χ3n) is 2.93. The Morgan fingerprint density at radius 3 is 3.00 bits per heavy atom. The molecular weight excluding hydrogens is 202 g/mol. The van der Waals surface area contributed by atoms with E-state index in [0.29, 0.717) is 0 Å². The van der Waals surface area contributed by atoms with Crippen LogP contribution in [-0.2, 0) is 13.0 Å². The van der Waals surface area contributed by atoms with Gasteiger partial charge < -0.3 is 5.32 Å². The van der Waals surface area contributed by atoms with E-state index < -0.39 is 0 Å². The number of nitrogens with one attached hydrogen (secondary N) is 1. The maximum Gasteiger partial charge on any atom is 0.0345 e. The van der Waals surface area contributed by atoms with Crippen LogP contribution in [-0.4, -0.2) is 6.54 Å². The van der Waals surface area contributed by atoms with Gasteiger partial charge in [-0.1, -0.05) is 24.3 Å². The lowest BCUT2D eigenvalue weighted by atomic mass is 9.95. The molecule has 0 aliphatic carbocycles. The lowest BCUT2D eigenvalue weighted by molar-refractivity contribution is 0.645. The summed E-state index contributed by atoms with van der Waals surface area (Å²) in [7, 11) is 0. The summed E-state index contributed by atoms with van der Waals surface area (Å²) in [6, 6.07) is 11.0. The first-order chi connectivity index (χ1) is 7.45. The highest BCUT2D eigenvalue weighted by Gasteiger charge is 2.13. The largest absolute Gasteiger partial charge is 0.312 e. The number of rotatable bonds is 1. The summed E-state index contributed by atoms with van der Waals surface area (Å²) in [5, 5.41) is 5.57. The first kappa shape index (κ1) is 9.13. The average molecular weight is 215 g/mol. The van der Waals surface area contributed by atoms with Gasteiger partial charge in [0, 0.05) is 11.4 Å². The molecule has 0 saturated heterocycles. The molecule has 0 saturated carbocycles. The topological polar surface area (TPSA) is 12.0 Å². The molecule has 0 spiro atoms. The molecule has 2 heteroatoms. The second-order valence-corrected chi connectivity index (χ2v) is 4.80.